The first-order chi connectivity index (χ1) is 25.9. The molecule has 0 saturated carbocycles. The minimum atomic E-state index is -9.01. The summed E-state index contributed by atoms with van der Waals surface area (Å²) in [6.45, 7) is 0. The molecule has 0 aliphatic carbocycles. The van der Waals surface area contributed by atoms with Crippen molar-refractivity contribution in [1.29, 1.82) is 0 Å². The molecule has 1 aromatic rings. The van der Waals surface area contributed by atoms with E-state index in [1.807, 2.05) is 0 Å². The average Bonchev–Trinajstić information content (AvgIpc) is 3.06. The lowest BCUT2D eigenvalue weighted by Crippen LogP contribution is -2.74. The van der Waals surface area contributed by atoms with Crippen LogP contribution >= 0.6 is 0 Å². The molecule has 4 nitrogen and oxygen atoms in total. The number of carbonyl (C=O) groups excluding carboxylic acids is 2. The molecule has 0 heterocycles. The third kappa shape index (κ3) is 7.09. The maximum Gasteiger partial charge on any atom is 0.393 e. The van der Waals surface area contributed by atoms with Crippen molar-refractivity contribution in [3.05, 3.63) is 24.3 Å². The summed E-state index contributed by atoms with van der Waals surface area (Å²) in [6.07, 6.45) is -12.4. The van der Waals surface area contributed by atoms with Crippen molar-refractivity contribution in [2.24, 2.45) is 0 Å². The molecule has 0 aliphatic heterocycles. The highest BCUT2D eigenvalue weighted by atomic mass is 19.4. The normalized spacial score (nSPS) is 15.8. The maximum absolute atomic E-state index is 14.2. The van der Waals surface area contributed by atoms with Crippen LogP contribution < -0.4 is 10.6 Å². The smallest absolute Gasteiger partial charge is 0.321 e. The third-order valence-corrected chi connectivity index (χ3v) is 7.28. The molecule has 0 fully saturated rings. The van der Waals surface area contributed by atoms with Crippen LogP contribution in [0, 0.1) is 0 Å². The van der Waals surface area contributed by atoms with Gasteiger partial charge in [0.15, 0.2) is 0 Å². The number of nitrogens with one attached hydrogen (secondary N) is 2. The number of carbonyl (C=O) groups is 2. The number of benzene rings is 1. The Labute approximate surface area is 305 Å². The van der Waals surface area contributed by atoms with Crippen LogP contribution in [0.5, 0.6) is 0 Å². The van der Waals surface area contributed by atoms with E-state index in [9.17, 15) is 150 Å². The highest BCUT2D eigenvalue weighted by Gasteiger charge is 2.96. The Morgan fingerprint density at radius 2 is 0.550 bits per heavy atom. The number of hydrogen-bond donors (Lipinski definition) is 2. The molecule has 0 aromatic heterocycles. The van der Waals surface area contributed by atoms with Crippen molar-refractivity contribution in [1.82, 2.24) is 0 Å². The van der Waals surface area contributed by atoms with Gasteiger partial charge >= 0.3 is 108 Å². The van der Waals surface area contributed by atoms with Gasteiger partial charge in [-0.05, 0) is 18.2 Å². The summed E-state index contributed by atoms with van der Waals surface area (Å²) in [5.74, 6) is -128. The first-order valence-electron chi connectivity index (χ1n) is 13.5. The number of amides is 2. The zero-order valence-corrected chi connectivity index (χ0v) is 26.4. The van der Waals surface area contributed by atoms with Gasteiger partial charge in [0.05, 0.1) is 0 Å². The Hall–Kier alpha value is -4.08. The van der Waals surface area contributed by atoms with Gasteiger partial charge in [-0.3, -0.25) is 9.59 Å². The molecule has 2 N–H and O–H groups in total. The van der Waals surface area contributed by atoms with Crippen LogP contribution in [0.4, 0.5) is 152 Å². The van der Waals surface area contributed by atoms with Gasteiger partial charge < -0.3 is 10.6 Å². The van der Waals surface area contributed by atoms with E-state index in [1.165, 1.54) is 0 Å². The van der Waals surface area contributed by atoms with Gasteiger partial charge in [-0.1, -0.05) is 6.07 Å². The van der Waals surface area contributed by atoms with Gasteiger partial charge in [0.25, 0.3) is 0 Å². The Kier molecular flexibility index (Phi) is 13.3. The number of halogens is 32. The first kappa shape index (κ1) is 53.9. The van der Waals surface area contributed by atoms with Crippen molar-refractivity contribution in [2.75, 3.05) is 10.6 Å². The fourth-order valence-electron chi connectivity index (χ4n) is 3.65. The van der Waals surface area contributed by atoms with Crippen LogP contribution in [0.1, 0.15) is 0 Å². The predicted octanol–water partition coefficient (Wildman–Crippen LogP) is 11.0. The SMILES string of the molecule is O=C(Nc1cccc(NC(=O)C(F)(F)C(F)(F)C(F)(F)C(F)(F)C(F)(F)C(F)(F)C(F)(F)C(F)F)c1)C(F)(F)C(F)(F)C(F)(F)C(F)(F)C(F)(F)C(F)(F)C(F)(F)C(F)F. The quantitative estimate of drug-likeness (QED) is 0.144. The summed E-state index contributed by atoms with van der Waals surface area (Å²) in [5, 5.41) is 0.241. The van der Waals surface area contributed by atoms with Crippen LogP contribution in [0.3, 0.4) is 0 Å². The van der Waals surface area contributed by atoms with Crippen molar-refractivity contribution in [3.8, 4) is 0 Å². The fourth-order valence-corrected chi connectivity index (χ4v) is 3.65. The Bertz CT molecular complexity index is 1630. The summed E-state index contributed by atoms with van der Waals surface area (Å²) < 4.78 is 432. The van der Waals surface area contributed by atoms with Gasteiger partial charge in [0, 0.05) is 11.4 Å². The summed E-state index contributed by atoms with van der Waals surface area (Å²) in [6, 6.07) is -1.15. The number of alkyl halides is 32. The highest BCUT2D eigenvalue weighted by molar-refractivity contribution is 5.99. The van der Waals surface area contributed by atoms with Crippen molar-refractivity contribution < 1.29 is 150 Å². The second-order valence-electron chi connectivity index (χ2n) is 11.2. The van der Waals surface area contributed by atoms with Crippen LogP contribution in [0.2, 0.25) is 0 Å². The topological polar surface area (TPSA) is 58.2 Å². The van der Waals surface area contributed by atoms with E-state index in [0.717, 1.165) is 0 Å². The lowest BCUT2D eigenvalue weighted by molar-refractivity contribution is -0.443. The molecule has 60 heavy (non-hydrogen) atoms. The van der Waals surface area contributed by atoms with E-state index in [0.29, 0.717) is 0 Å². The summed E-state index contributed by atoms with van der Waals surface area (Å²) >= 11 is 0. The maximum atomic E-state index is 14.2. The van der Waals surface area contributed by atoms with Crippen LogP contribution in [-0.2, 0) is 9.59 Å². The molecular weight excluding hydrogens is 956 g/mol. The van der Waals surface area contributed by atoms with E-state index >= 15 is 0 Å². The fraction of sp³-hybridized carbons (Fsp3) is 0.667. The molecule has 1 rings (SSSR count). The monoisotopic (exact) mass is 964 g/mol. The van der Waals surface area contributed by atoms with Crippen molar-refractivity contribution >= 4 is 23.2 Å². The van der Waals surface area contributed by atoms with Gasteiger partial charge in [-0.15, -0.1) is 0 Å². The van der Waals surface area contributed by atoms with Crippen molar-refractivity contribution in [3.63, 3.8) is 0 Å². The Balaban J connectivity index is 3.60. The predicted molar refractivity (Wildman–Crippen MR) is 125 cm³/mol. The van der Waals surface area contributed by atoms with Crippen LogP contribution in [-0.4, -0.2) is 108 Å². The van der Waals surface area contributed by atoms with E-state index in [2.05, 4.69) is 0 Å². The van der Waals surface area contributed by atoms with E-state index in [1.54, 1.807) is 0 Å². The zero-order chi connectivity index (χ0) is 48.7. The molecule has 0 atom stereocenters. The number of anilines is 2. The van der Waals surface area contributed by atoms with Gasteiger partial charge in [0.2, 0.25) is 0 Å². The zero-order valence-electron chi connectivity index (χ0n) is 26.4. The molecule has 350 valence electrons. The second-order valence-corrected chi connectivity index (χ2v) is 11.2. The van der Waals surface area contributed by atoms with E-state index in [-0.39, 0.29) is 28.8 Å². The van der Waals surface area contributed by atoms with Gasteiger partial charge in [-0.25, -0.2) is 17.6 Å². The molecule has 1 aromatic carbocycles. The summed E-state index contributed by atoms with van der Waals surface area (Å²) in [5.41, 5.74) is -4.07. The number of rotatable bonds is 18. The molecule has 2 amide bonds. The molecule has 0 spiro atoms. The molecule has 0 bridgehead atoms. The average molecular weight is 964 g/mol. The standard InChI is InChI=1S/C24H8F32N2O2/c25-7(26)11(29,30)15(37,38)19(45,46)23(53,54)21(49,50)17(41,42)13(33,34)9(59)57-5-2-1-3-6(4-5)58-10(60)14(35,36)18(43,44)22(51,52)24(55,56)20(47,48)16(39,40)12(31,32)8(27)28/h1-4,7-8H,(H,57,59)(H,58,60). The number of hydrogen-bond acceptors (Lipinski definition) is 2. The molecule has 0 aliphatic rings. The minimum Gasteiger partial charge on any atom is -0.321 e. The lowest BCUT2D eigenvalue weighted by Gasteiger charge is -2.42. The van der Waals surface area contributed by atoms with E-state index in [4.69, 9.17) is 0 Å². The molecule has 36 heteroatoms. The van der Waals surface area contributed by atoms with Gasteiger partial charge in [-0.2, -0.15) is 123 Å². The molecular formula is C24H8F32N2O2. The molecule has 0 unspecified atom stereocenters. The lowest BCUT2D eigenvalue weighted by atomic mass is 9.89. The Morgan fingerprint density at radius 1 is 0.350 bits per heavy atom. The summed E-state index contributed by atoms with van der Waals surface area (Å²) in [7, 11) is 0. The summed E-state index contributed by atoms with van der Waals surface area (Å²) in [4.78, 5) is 23.4. The van der Waals surface area contributed by atoms with Crippen LogP contribution in [0.25, 0.3) is 0 Å². The molecule has 0 saturated heterocycles. The van der Waals surface area contributed by atoms with Crippen LogP contribution in [0.15, 0.2) is 24.3 Å². The van der Waals surface area contributed by atoms with E-state index < -0.39 is 125 Å². The largest absolute Gasteiger partial charge is 0.393 e. The third-order valence-electron chi connectivity index (χ3n) is 7.28. The minimum absolute atomic E-state index is 0.110. The molecule has 0 radical (unpaired) electrons. The van der Waals surface area contributed by atoms with Gasteiger partial charge in [0.1, 0.15) is 0 Å². The second kappa shape index (κ2) is 14.8. The first-order valence-corrected chi connectivity index (χ1v) is 13.5. The Morgan fingerprint density at radius 3 is 0.767 bits per heavy atom. The van der Waals surface area contributed by atoms with Crippen molar-refractivity contribution in [2.45, 2.75) is 95.8 Å². The highest BCUT2D eigenvalue weighted by Crippen LogP contribution is 2.64.